The van der Waals surface area contributed by atoms with Gasteiger partial charge in [-0.15, -0.1) is 0 Å². The molecule has 0 aliphatic carbocycles. The third kappa shape index (κ3) is 4.26. The molecule has 1 aliphatic rings. The van der Waals surface area contributed by atoms with Crippen molar-refractivity contribution < 1.29 is 28.2 Å². The Kier molecular flexibility index (Phi) is 6.06. The molecule has 0 bridgehead atoms. The van der Waals surface area contributed by atoms with Gasteiger partial charge in [-0.05, 0) is 59.7 Å². The van der Waals surface area contributed by atoms with Gasteiger partial charge in [-0.1, -0.05) is 12.2 Å². The van der Waals surface area contributed by atoms with Crippen LogP contribution in [-0.4, -0.2) is 23.6 Å². The van der Waals surface area contributed by atoms with Crippen LogP contribution < -0.4 is 10.4 Å². The summed E-state index contributed by atoms with van der Waals surface area (Å²) in [5.41, 5.74) is -0.143. The van der Waals surface area contributed by atoms with Crippen molar-refractivity contribution in [2.75, 3.05) is 0 Å². The molecule has 1 aliphatic heterocycles. The zero-order chi connectivity index (χ0) is 22.9. The van der Waals surface area contributed by atoms with Crippen molar-refractivity contribution in [2.24, 2.45) is 0 Å². The van der Waals surface area contributed by atoms with Crippen LogP contribution in [0.15, 0.2) is 56.8 Å². The Morgan fingerprint density at radius 3 is 2.26 bits per heavy atom. The number of hydrogen-bond acceptors (Lipinski definition) is 7. The summed E-state index contributed by atoms with van der Waals surface area (Å²) in [6, 6.07) is 6.42. The second-order valence-electron chi connectivity index (χ2n) is 7.95. The van der Waals surface area contributed by atoms with E-state index in [1.54, 1.807) is 71.9 Å². The first-order valence-electron chi connectivity index (χ1n) is 10.0. The summed E-state index contributed by atoms with van der Waals surface area (Å²) >= 11 is 0. The van der Waals surface area contributed by atoms with E-state index >= 15 is 0 Å². The molecule has 2 heterocycles. The molecule has 7 heteroatoms. The SMILES string of the molecule is C/C=C(/C)C(=O)OC(C)(C)[C@@H]1Oc2ccc3ccc(=O)oc3c2[C@@H]1OC(=O)/C(C)=C/C. The smallest absolute Gasteiger partial charge is 0.336 e. The zero-order valence-electron chi connectivity index (χ0n) is 18.5. The maximum atomic E-state index is 12.6. The first-order chi connectivity index (χ1) is 14.6. The van der Waals surface area contributed by atoms with Gasteiger partial charge in [0.15, 0.2) is 12.2 Å². The molecule has 0 N–H and O–H groups in total. The van der Waals surface area contributed by atoms with E-state index in [-0.39, 0.29) is 5.58 Å². The Morgan fingerprint density at radius 1 is 1.00 bits per heavy atom. The summed E-state index contributed by atoms with van der Waals surface area (Å²) < 4.78 is 23.1. The lowest BCUT2D eigenvalue weighted by Gasteiger charge is -2.33. The lowest BCUT2D eigenvalue weighted by Crippen LogP contribution is -2.46. The molecule has 1 aromatic heterocycles. The largest absolute Gasteiger partial charge is 0.481 e. The molecule has 7 nitrogen and oxygen atoms in total. The molecule has 0 saturated carbocycles. The van der Waals surface area contributed by atoms with E-state index in [9.17, 15) is 14.4 Å². The standard InChI is InChI=1S/C24H26O7/c1-7-13(3)22(26)30-20-18-16(11-9-15-10-12-17(25)29-19(15)18)28-21(20)24(5,6)31-23(27)14(4)8-2/h7-12,20-21H,1-6H3/b13-7+,14-8-/t20-,21+/m0/s1. The first kappa shape index (κ1) is 22.3. The minimum absolute atomic E-state index is 0.273. The Hall–Kier alpha value is -3.35. The van der Waals surface area contributed by atoms with Crippen LogP contribution in [0.25, 0.3) is 11.0 Å². The second kappa shape index (κ2) is 8.41. The van der Waals surface area contributed by atoms with Gasteiger partial charge in [-0.2, -0.15) is 0 Å². The topological polar surface area (TPSA) is 92.0 Å². The summed E-state index contributed by atoms with van der Waals surface area (Å²) in [4.78, 5) is 37.0. The average molecular weight is 426 g/mol. The molecule has 0 amide bonds. The van der Waals surface area contributed by atoms with E-state index in [4.69, 9.17) is 18.6 Å². The maximum absolute atomic E-state index is 12.6. The molecule has 0 spiro atoms. The summed E-state index contributed by atoms with van der Waals surface area (Å²) in [5, 5.41) is 0.658. The van der Waals surface area contributed by atoms with Crippen LogP contribution in [0.4, 0.5) is 0 Å². The highest BCUT2D eigenvalue weighted by molar-refractivity contribution is 5.89. The normalized spacial score (nSPS) is 19.0. The summed E-state index contributed by atoms with van der Waals surface area (Å²) in [6.07, 6.45) is 1.47. The van der Waals surface area contributed by atoms with Crippen molar-refractivity contribution in [3.05, 3.63) is 63.5 Å². The van der Waals surface area contributed by atoms with Crippen LogP contribution in [0.2, 0.25) is 0 Å². The molecule has 0 saturated heterocycles. The molecular weight excluding hydrogens is 400 g/mol. The van der Waals surface area contributed by atoms with Crippen molar-refractivity contribution in [1.82, 2.24) is 0 Å². The number of carbonyl (C=O) groups is 2. The number of ether oxygens (including phenoxy) is 3. The number of carbonyl (C=O) groups excluding carboxylic acids is 2. The van der Waals surface area contributed by atoms with E-state index in [0.29, 0.717) is 27.8 Å². The molecule has 31 heavy (non-hydrogen) atoms. The van der Waals surface area contributed by atoms with E-state index < -0.39 is 35.4 Å². The Morgan fingerprint density at radius 2 is 1.61 bits per heavy atom. The minimum atomic E-state index is -1.17. The van der Waals surface area contributed by atoms with Crippen molar-refractivity contribution in [3.8, 4) is 5.75 Å². The van der Waals surface area contributed by atoms with Crippen molar-refractivity contribution >= 4 is 22.9 Å². The molecule has 0 unspecified atom stereocenters. The maximum Gasteiger partial charge on any atom is 0.336 e. The van der Waals surface area contributed by atoms with E-state index in [2.05, 4.69) is 0 Å². The number of allylic oxidation sites excluding steroid dienone is 2. The Labute approximate surface area is 180 Å². The number of hydrogen-bond donors (Lipinski definition) is 0. The third-order valence-electron chi connectivity index (χ3n) is 5.39. The van der Waals surface area contributed by atoms with Crippen LogP contribution in [0, 0.1) is 0 Å². The molecule has 0 radical (unpaired) electrons. The molecule has 2 atom stereocenters. The van der Waals surface area contributed by atoms with Gasteiger partial charge in [0.2, 0.25) is 0 Å². The van der Waals surface area contributed by atoms with Crippen LogP contribution in [0.1, 0.15) is 53.2 Å². The molecular formula is C24H26O7. The van der Waals surface area contributed by atoms with Crippen LogP contribution >= 0.6 is 0 Å². The van der Waals surface area contributed by atoms with Gasteiger partial charge in [-0.25, -0.2) is 14.4 Å². The Balaban J connectivity index is 2.11. The van der Waals surface area contributed by atoms with Crippen molar-refractivity contribution in [3.63, 3.8) is 0 Å². The van der Waals surface area contributed by atoms with Gasteiger partial charge in [0.25, 0.3) is 0 Å². The molecule has 164 valence electrons. The second-order valence-corrected chi connectivity index (χ2v) is 7.95. The predicted octanol–water partition coefficient (Wildman–Crippen LogP) is 4.39. The first-order valence-corrected chi connectivity index (χ1v) is 10.0. The van der Waals surface area contributed by atoms with Gasteiger partial charge in [-0.3, -0.25) is 0 Å². The zero-order valence-corrected chi connectivity index (χ0v) is 18.5. The van der Waals surface area contributed by atoms with E-state index in [1.165, 1.54) is 6.07 Å². The highest BCUT2D eigenvalue weighted by Gasteiger charge is 2.50. The average Bonchev–Trinajstić information content (AvgIpc) is 3.11. The highest BCUT2D eigenvalue weighted by Crippen LogP contribution is 2.47. The van der Waals surface area contributed by atoms with Gasteiger partial charge in [0.1, 0.15) is 16.9 Å². The van der Waals surface area contributed by atoms with Crippen molar-refractivity contribution in [2.45, 2.75) is 59.4 Å². The van der Waals surface area contributed by atoms with Crippen LogP contribution in [-0.2, 0) is 19.1 Å². The van der Waals surface area contributed by atoms with Gasteiger partial charge in [0.05, 0.1) is 5.56 Å². The van der Waals surface area contributed by atoms with Gasteiger partial charge in [0, 0.05) is 22.6 Å². The van der Waals surface area contributed by atoms with Crippen LogP contribution in [0.5, 0.6) is 5.75 Å². The summed E-state index contributed by atoms with van der Waals surface area (Å²) in [5.74, 6) is -0.649. The number of fused-ring (bicyclic) bond motifs is 3. The predicted molar refractivity (Wildman–Crippen MR) is 115 cm³/mol. The van der Waals surface area contributed by atoms with Gasteiger partial charge < -0.3 is 18.6 Å². The van der Waals surface area contributed by atoms with E-state index in [0.717, 1.165) is 0 Å². The summed E-state index contributed by atoms with van der Waals surface area (Å²) in [6.45, 7) is 10.1. The number of esters is 2. The fourth-order valence-corrected chi connectivity index (χ4v) is 3.31. The molecule has 2 aromatic rings. The monoisotopic (exact) mass is 426 g/mol. The fraction of sp³-hybridized carbons (Fsp3) is 0.375. The van der Waals surface area contributed by atoms with Crippen LogP contribution in [0.3, 0.4) is 0 Å². The number of rotatable bonds is 5. The molecule has 1 aromatic carbocycles. The number of benzene rings is 1. The lowest BCUT2D eigenvalue weighted by molar-refractivity contribution is -0.172. The lowest BCUT2D eigenvalue weighted by atomic mass is 9.93. The minimum Gasteiger partial charge on any atom is -0.481 e. The fourth-order valence-electron chi connectivity index (χ4n) is 3.31. The van der Waals surface area contributed by atoms with E-state index in [1.807, 2.05) is 0 Å². The molecule has 3 rings (SSSR count). The van der Waals surface area contributed by atoms with Crippen molar-refractivity contribution in [1.29, 1.82) is 0 Å². The third-order valence-corrected chi connectivity index (χ3v) is 5.39. The quantitative estimate of drug-likeness (QED) is 0.398. The summed E-state index contributed by atoms with van der Waals surface area (Å²) in [7, 11) is 0. The Bertz CT molecular complexity index is 1150. The van der Waals surface area contributed by atoms with Gasteiger partial charge >= 0.3 is 17.6 Å². The molecule has 0 fully saturated rings. The highest BCUT2D eigenvalue weighted by atomic mass is 16.6.